The predicted molar refractivity (Wildman–Crippen MR) is 120 cm³/mol. The van der Waals surface area contributed by atoms with Crippen LogP contribution in [0.3, 0.4) is 0 Å². The monoisotopic (exact) mass is 428 g/mol. The van der Waals surface area contributed by atoms with E-state index in [1.165, 1.54) is 13.0 Å². The third kappa shape index (κ3) is 7.90. The van der Waals surface area contributed by atoms with Gasteiger partial charge in [-0.05, 0) is 62.5 Å². The first-order valence-corrected chi connectivity index (χ1v) is 10.4. The van der Waals surface area contributed by atoms with Crippen molar-refractivity contribution in [3.63, 3.8) is 0 Å². The van der Waals surface area contributed by atoms with Gasteiger partial charge in [0.05, 0.1) is 6.04 Å². The second-order valence-electron chi connectivity index (χ2n) is 7.86. The molecule has 2 aromatic carbocycles. The van der Waals surface area contributed by atoms with E-state index < -0.39 is 19.0 Å². The van der Waals surface area contributed by atoms with E-state index in [0.717, 1.165) is 5.56 Å². The zero-order valence-electron chi connectivity index (χ0n) is 18.2. The van der Waals surface area contributed by atoms with E-state index in [4.69, 9.17) is 10.4 Å². The fraction of sp³-hybridized carbons (Fsp3) is 0.391. The maximum atomic E-state index is 14.4. The van der Waals surface area contributed by atoms with Gasteiger partial charge >= 0.3 is 7.12 Å². The number of benzene rings is 2. The Morgan fingerprint density at radius 2 is 1.84 bits per heavy atom. The second-order valence-corrected chi connectivity index (χ2v) is 7.86. The van der Waals surface area contributed by atoms with Gasteiger partial charge < -0.3 is 20.7 Å². The normalized spacial score (nSPS) is 12.8. The smallest absolute Gasteiger partial charge is 0.532 e. The molecule has 8 heteroatoms. The highest BCUT2D eigenvalue weighted by molar-refractivity contribution is 6.60. The molecule has 4 N–H and O–H groups in total. The molecule has 6 nitrogen and oxygen atoms in total. The fourth-order valence-electron chi connectivity index (χ4n) is 2.90. The standard InChI is InChI=1S/C23H30BFN2O4/c1-15(16(2)28)10-11-27-14-19-6-7-20(13-22(19)25)24(30)31-21-8-4-18(5-9-21)12-23(26)17(3)29/h4-9,13,15,23,27,30H,10-12,14,26H2,1-3H3/t15-,23-/m0/s1. The largest absolute Gasteiger partial charge is 0.560 e. The molecule has 0 saturated heterocycles. The highest BCUT2D eigenvalue weighted by atomic mass is 19.1. The molecule has 2 atom stereocenters. The minimum Gasteiger partial charge on any atom is -0.532 e. The van der Waals surface area contributed by atoms with Crippen molar-refractivity contribution >= 4 is 24.1 Å². The van der Waals surface area contributed by atoms with E-state index in [1.807, 2.05) is 6.92 Å². The molecule has 0 unspecified atom stereocenters. The highest BCUT2D eigenvalue weighted by Gasteiger charge is 2.20. The second kappa shape index (κ2) is 11.7. The molecule has 0 aliphatic rings. The van der Waals surface area contributed by atoms with Crippen LogP contribution in [0.15, 0.2) is 42.5 Å². The van der Waals surface area contributed by atoms with Gasteiger partial charge in [0.15, 0.2) is 0 Å². The number of nitrogens with two attached hydrogens (primary N) is 1. The molecule has 0 heterocycles. The number of carbonyl (C=O) groups excluding carboxylic acids is 2. The lowest BCUT2D eigenvalue weighted by Gasteiger charge is -2.13. The van der Waals surface area contributed by atoms with E-state index in [-0.39, 0.29) is 17.5 Å². The van der Waals surface area contributed by atoms with E-state index >= 15 is 0 Å². The molecular formula is C23H30BFN2O4. The first-order chi connectivity index (χ1) is 14.7. The van der Waals surface area contributed by atoms with E-state index in [1.54, 1.807) is 43.3 Å². The average Bonchev–Trinajstić information content (AvgIpc) is 2.73. The number of nitrogens with one attached hydrogen (secondary N) is 1. The Balaban J connectivity index is 1.89. The predicted octanol–water partition coefficient (Wildman–Crippen LogP) is 1.76. The molecule has 2 rings (SSSR count). The van der Waals surface area contributed by atoms with Crippen LogP contribution in [-0.4, -0.2) is 36.3 Å². The molecule has 0 aliphatic heterocycles. The van der Waals surface area contributed by atoms with E-state index in [2.05, 4.69) is 5.32 Å². The molecule has 0 aliphatic carbocycles. The summed E-state index contributed by atoms with van der Waals surface area (Å²) in [5.74, 6) is 0.00816. The molecule has 0 saturated carbocycles. The first kappa shape index (κ1) is 24.7. The van der Waals surface area contributed by atoms with Gasteiger partial charge in [-0.25, -0.2) is 4.39 Å². The maximum absolute atomic E-state index is 14.4. The molecule has 0 aromatic heterocycles. The van der Waals surface area contributed by atoms with Crippen molar-refractivity contribution in [2.24, 2.45) is 11.7 Å². The summed E-state index contributed by atoms with van der Waals surface area (Å²) in [7, 11) is -1.32. The summed E-state index contributed by atoms with van der Waals surface area (Å²) in [6.45, 7) is 5.83. The lowest BCUT2D eigenvalue weighted by atomic mass is 9.79. The van der Waals surface area contributed by atoms with E-state index in [9.17, 15) is 19.0 Å². The molecule has 0 spiro atoms. The number of ketones is 2. The van der Waals surface area contributed by atoms with Crippen molar-refractivity contribution in [2.45, 2.75) is 46.2 Å². The summed E-state index contributed by atoms with van der Waals surface area (Å²) >= 11 is 0. The Labute approximate surface area is 183 Å². The van der Waals surface area contributed by atoms with Crippen LogP contribution in [0.25, 0.3) is 0 Å². The number of hydrogen-bond acceptors (Lipinski definition) is 6. The van der Waals surface area contributed by atoms with Gasteiger partial charge in [-0.2, -0.15) is 0 Å². The summed E-state index contributed by atoms with van der Waals surface area (Å²) in [6, 6.07) is 10.8. The third-order valence-corrected chi connectivity index (χ3v) is 5.27. The van der Waals surface area contributed by atoms with Crippen LogP contribution in [0.4, 0.5) is 4.39 Å². The van der Waals surface area contributed by atoms with Crippen molar-refractivity contribution in [3.05, 3.63) is 59.4 Å². The molecule has 0 amide bonds. The van der Waals surface area contributed by atoms with Crippen molar-refractivity contribution in [1.29, 1.82) is 0 Å². The molecule has 31 heavy (non-hydrogen) atoms. The lowest BCUT2D eigenvalue weighted by Crippen LogP contribution is -2.37. The number of Topliss-reactive ketones (excluding diaryl/α,β-unsaturated/α-hetero) is 2. The molecule has 0 radical (unpaired) electrons. The molecule has 0 bridgehead atoms. The summed E-state index contributed by atoms with van der Waals surface area (Å²) in [4.78, 5) is 22.5. The van der Waals surface area contributed by atoms with Crippen LogP contribution in [0.1, 0.15) is 38.3 Å². The van der Waals surface area contributed by atoms with Crippen molar-refractivity contribution in [2.75, 3.05) is 6.54 Å². The van der Waals surface area contributed by atoms with Gasteiger partial charge in [0.2, 0.25) is 0 Å². The Morgan fingerprint density at radius 3 is 2.42 bits per heavy atom. The number of hydrogen-bond donors (Lipinski definition) is 3. The van der Waals surface area contributed by atoms with Gasteiger partial charge in [-0.3, -0.25) is 9.59 Å². The Kier molecular flexibility index (Phi) is 9.36. The highest BCUT2D eigenvalue weighted by Crippen LogP contribution is 2.14. The summed E-state index contributed by atoms with van der Waals surface area (Å²) in [5, 5.41) is 13.4. The molecular weight excluding hydrogens is 398 g/mol. The van der Waals surface area contributed by atoms with E-state index in [0.29, 0.717) is 42.7 Å². The number of rotatable bonds is 12. The van der Waals surface area contributed by atoms with Crippen LogP contribution in [0, 0.1) is 11.7 Å². The number of carbonyl (C=O) groups is 2. The maximum Gasteiger partial charge on any atom is 0.560 e. The van der Waals surface area contributed by atoms with Crippen LogP contribution >= 0.6 is 0 Å². The zero-order valence-corrected chi connectivity index (χ0v) is 18.2. The minimum atomic E-state index is -1.32. The summed E-state index contributed by atoms with van der Waals surface area (Å²) in [5.41, 5.74) is 7.41. The van der Waals surface area contributed by atoms with Gasteiger partial charge in [0, 0.05) is 18.0 Å². The van der Waals surface area contributed by atoms with Gasteiger partial charge in [-0.1, -0.05) is 31.2 Å². The fourth-order valence-corrected chi connectivity index (χ4v) is 2.90. The van der Waals surface area contributed by atoms with Crippen LogP contribution in [0.5, 0.6) is 5.75 Å². The summed E-state index contributed by atoms with van der Waals surface area (Å²) in [6.07, 6.45) is 1.12. The van der Waals surface area contributed by atoms with Gasteiger partial charge in [-0.15, -0.1) is 0 Å². The average molecular weight is 428 g/mol. The topological polar surface area (TPSA) is 102 Å². The lowest BCUT2D eigenvalue weighted by molar-refractivity contribution is -0.120. The Morgan fingerprint density at radius 1 is 1.16 bits per heavy atom. The van der Waals surface area contributed by atoms with Gasteiger partial charge in [0.25, 0.3) is 0 Å². The summed E-state index contributed by atoms with van der Waals surface area (Å²) < 4.78 is 19.9. The minimum absolute atomic E-state index is 0.0213. The molecule has 0 fully saturated rings. The van der Waals surface area contributed by atoms with Crippen LogP contribution < -0.4 is 21.2 Å². The van der Waals surface area contributed by atoms with Crippen LogP contribution in [-0.2, 0) is 22.6 Å². The van der Waals surface area contributed by atoms with Crippen LogP contribution in [0.2, 0.25) is 0 Å². The van der Waals surface area contributed by atoms with Crippen molar-refractivity contribution in [3.8, 4) is 5.75 Å². The van der Waals surface area contributed by atoms with Crippen molar-refractivity contribution < 1.29 is 23.7 Å². The SMILES string of the molecule is CC(=O)[C@@H](C)CCNCc1ccc(B(O)Oc2ccc(C[C@H](N)C(C)=O)cc2)cc1F. The third-order valence-electron chi connectivity index (χ3n) is 5.27. The molecule has 2 aromatic rings. The quantitative estimate of drug-likeness (QED) is 0.352. The first-order valence-electron chi connectivity index (χ1n) is 10.4. The number of halogens is 1. The Bertz CT molecular complexity index is 892. The zero-order chi connectivity index (χ0) is 23.0. The van der Waals surface area contributed by atoms with Gasteiger partial charge in [0.1, 0.15) is 23.1 Å². The van der Waals surface area contributed by atoms with Crippen molar-refractivity contribution in [1.82, 2.24) is 5.32 Å². The Hall–Kier alpha value is -2.55. The molecule has 166 valence electrons.